The number of aromatic nitrogens is 1. The minimum Gasteiger partial charge on any atom is -0.478 e. The van der Waals surface area contributed by atoms with Gasteiger partial charge in [0.25, 0.3) is 5.91 Å². The molecular weight excluding hydrogens is 232 g/mol. The number of amides is 1. The van der Waals surface area contributed by atoms with Crippen molar-refractivity contribution in [3.8, 4) is 0 Å². The minimum atomic E-state index is -1.04. The molecule has 0 aliphatic heterocycles. The molecule has 1 unspecified atom stereocenters. The first-order chi connectivity index (χ1) is 8.52. The lowest BCUT2D eigenvalue weighted by atomic mass is 10.1. The third-order valence-electron chi connectivity index (χ3n) is 2.43. The third kappa shape index (κ3) is 4.37. The lowest BCUT2D eigenvalue weighted by Crippen LogP contribution is -2.31. The van der Waals surface area contributed by atoms with Crippen molar-refractivity contribution in [3.63, 3.8) is 0 Å². The Bertz CT molecular complexity index is 469. The van der Waals surface area contributed by atoms with Crippen LogP contribution in [-0.2, 0) is 4.79 Å². The molecule has 0 saturated carbocycles. The molecule has 0 bridgehead atoms. The van der Waals surface area contributed by atoms with E-state index < -0.39 is 5.97 Å². The second-order valence-electron chi connectivity index (χ2n) is 3.96. The summed E-state index contributed by atoms with van der Waals surface area (Å²) in [5.74, 6) is -1.24. The highest BCUT2D eigenvalue weighted by Crippen LogP contribution is 2.05. The quantitative estimate of drug-likeness (QED) is 0.777. The maximum Gasteiger partial charge on any atom is 0.328 e. The van der Waals surface area contributed by atoms with Gasteiger partial charge in [0.2, 0.25) is 0 Å². The van der Waals surface area contributed by atoms with Crippen molar-refractivity contribution < 1.29 is 14.7 Å². The van der Waals surface area contributed by atoms with Crippen LogP contribution < -0.4 is 5.32 Å². The van der Waals surface area contributed by atoms with Crippen LogP contribution >= 0.6 is 0 Å². The largest absolute Gasteiger partial charge is 0.478 e. The Kier molecular flexibility index (Phi) is 5.05. The zero-order valence-electron chi connectivity index (χ0n) is 10.4. The zero-order valence-corrected chi connectivity index (χ0v) is 10.4. The Labute approximate surface area is 106 Å². The van der Waals surface area contributed by atoms with Gasteiger partial charge in [-0.25, -0.2) is 4.79 Å². The van der Waals surface area contributed by atoms with Crippen molar-refractivity contribution in [2.75, 3.05) is 0 Å². The fourth-order valence-electron chi connectivity index (χ4n) is 1.25. The van der Waals surface area contributed by atoms with E-state index >= 15 is 0 Å². The molecule has 5 heteroatoms. The van der Waals surface area contributed by atoms with Crippen molar-refractivity contribution >= 4 is 18.0 Å². The first-order valence-corrected chi connectivity index (χ1v) is 5.70. The summed E-state index contributed by atoms with van der Waals surface area (Å²) in [6.07, 6.45) is 6.20. The van der Waals surface area contributed by atoms with E-state index in [0.29, 0.717) is 11.1 Å². The average Bonchev–Trinajstić information content (AvgIpc) is 2.36. The summed E-state index contributed by atoms with van der Waals surface area (Å²) < 4.78 is 0. The van der Waals surface area contributed by atoms with Crippen molar-refractivity contribution in [1.82, 2.24) is 10.3 Å². The second-order valence-corrected chi connectivity index (χ2v) is 3.96. The first kappa shape index (κ1) is 13.9. The van der Waals surface area contributed by atoms with E-state index in [2.05, 4.69) is 10.3 Å². The Balaban J connectivity index is 2.81. The third-order valence-corrected chi connectivity index (χ3v) is 2.43. The predicted octanol–water partition coefficient (Wildman–Crippen LogP) is 1.71. The highest BCUT2D eigenvalue weighted by atomic mass is 16.4. The van der Waals surface area contributed by atoms with E-state index in [0.717, 1.165) is 12.5 Å². The van der Waals surface area contributed by atoms with Crippen molar-refractivity contribution in [2.24, 2.45) is 0 Å². The lowest BCUT2D eigenvalue weighted by molar-refractivity contribution is -0.131. The fraction of sp³-hybridized carbons (Fsp3) is 0.308. The van der Waals surface area contributed by atoms with Crippen molar-refractivity contribution in [1.29, 1.82) is 0 Å². The molecule has 1 rings (SSSR count). The number of carboxylic acid groups (broad SMARTS) is 1. The molecular formula is C13H16N2O3. The van der Waals surface area contributed by atoms with Crippen LogP contribution in [0.3, 0.4) is 0 Å². The fourth-order valence-corrected chi connectivity index (χ4v) is 1.25. The molecule has 0 aliphatic rings. The Morgan fingerprint density at radius 1 is 1.50 bits per heavy atom. The van der Waals surface area contributed by atoms with Crippen LogP contribution in [0.5, 0.6) is 0 Å². The van der Waals surface area contributed by atoms with Gasteiger partial charge in [0.1, 0.15) is 0 Å². The molecule has 0 saturated heterocycles. The summed E-state index contributed by atoms with van der Waals surface area (Å²) in [6.45, 7) is 3.90. The minimum absolute atomic E-state index is 0.0933. The predicted molar refractivity (Wildman–Crippen MR) is 68.1 cm³/mol. The molecule has 1 atom stereocenters. The van der Waals surface area contributed by atoms with E-state index in [1.807, 2.05) is 13.8 Å². The van der Waals surface area contributed by atoms with Crippen LogP contribution in [0.15, 0.2) is 24.5 Å². The molecule has 18 heavy (non-hydrogen) atoms. The number of nitrogens with zero attached hydrogens (tertiary/aromatic N) is 1. The lowest BCUT2D eigenvalue weighted by Gasteiger charge is -2.11. The molecule has 1 amide bonds. The Hall–Kier alpha value is -2.17. The van der Waals surface area contributed by atoms with Gasteiger partial charge in [-0.15, -0.1) is 0 Å². The van der Waals surface area contributed by atoms with Crippen LogP contribution in [0.2, 0.25) is 0 Å². The summed E-state index contributed by atoms with van der Waals surface area (Å²) in [5, 5.41) is 11.3. The van der Waals surface area contributed by atoms with E-state index in [1.54, 1.807) is 6.07 Å². The molecule has 96 valence electrons. The maximum atomic E-state index is 11.8. The number of carbonyl (C=O) groups excluding carboxylic acids is 1. The number of carboxylic acids is 1. The van der Waals surface area contributed by atoms with Gasteiger partial charge in [-0.3, -0.25) is 9.78 Å². The summed E-state index contributed by atoms with van der Waals surface area (Å²) in [5.41, 5.74) is 0.997. The highest BCUT2D eigenvalue weighted by Gasteiger charge is 2.08. The number of hydrogen-bond donors (Lipinski definition) is 2. The molecule has 1 heterocycles. The first-order valence-electron chi connectivity index (χ1n) is 5.70. The van der Waals surface area contributed by atoms with Crippen LogP contribution in [0.25, 0.3) is 6.08 Å². The van der Waals surface area contributed by atoms with Gasteiger partial charge < -0.3 is 10.4 Å². The van der Waals surface area contributed by atoms with Gasteiger partial charge in [-0.05, 0) is 31.1 Å². The zero-order chi connectivity index (χ0) is 13.5. The van der Waals surface area contributed by atoms with Crippen molar-refractivity contribution in [3.05, 3.63) is 35.7 Å². The Morgan fingerprint density at radius 2 is 2.22 bits per heavy atom. The van der Waals surface area contributed by atoms with Crippen LogP contribution in [0.1, 0.15) is 36.2 Å². The molecule has 0 radical (unpaired) electrons. The molecule has 2 N–H and O–H groups in total. The molecule has 1 aromatic rings. The summed E-state index contributed by atoms with van der Waals surface area (Å²) >= 11 is 0. The van der Waals surface area contributed by atoms with Gasteiger partial charge in [-0.1, -0.05) is 6.92 Å². The number of pyridine rings is 1. The average molecular weight is 248 g/mol. The standard InChI is InChI=1S/C13H16N2O3/c1-3-9(2)15-13(18)11-6-10(7-14-8-11)4-5-12(16)17/h4-9H,3H2,1-2H3,(H,15,18)(H,16,17)/b5-4+. The summed E-state index contributed by atoms with van der Waals surface area (Å²) in [7, 11) is 0. The summed E-state index contributed by atoms with van der Waals surface area (Å²) in [6, 6.07) is 1.69. The van der Waals surface area contributed by atoms with Gasteiger partial charge in [0, 0.05) is 24.5 Å². The summed E-state index contributed by atoms with van der Waals surface area (Å²) in [4.78, 5) is 26.1. The number of rotatable bonds is 5. The number of hydrogen-bond acceptors (Lipinski definition) is 3. The number of carbonyl (C=O) groups is 2. The molecule has 0 spiro atoms. The molecule has 0 fully saturated rings. The molecule has 1 aromatic heterocycles. The Morgan fingerprint density at radius 3 is 2.83 bits per heavy atom. The van der Waals surface area contributed by atoms with Crippen LogP contribution in [-0.4, -0.2) is 28.0 Å². The molecule has 0 aromatic carbocycles. The van der Waals surface area contributed by atoms with Gasteiger partial charge in [0.15, 0.2) is 0 Å². The van der Waals surface area contributed by atoms with E-state index in [1.165, 1.54) is 18.5 Å². The number of nitrogens with one attached hydrogen (secondary N) is 1. The smallest absolute Gasteiger partial charge is 0.328 e. The SMILES string of the molecule is CCC(C)NC(=O)c1cncc(/C=C/C(=O)O)c1. The van der Waals surface area contributed by atoms with E-state index in [4.69, 9.17) is 5.11 Å². The normalized spacial score (nSPS) is 12.3. The van der Waals surface area contributed by atoms with Crippen LogP contribution in [0.4, 0.5) is 0 Å². The topological polar surface area (TPSA) is 79.3 Å². The highest BCUT2D eigenvalue weighted by molar-refractivity contribution is 5.94. The number of aliphatic carboxylic acids is 1. The van der Waals surface area contributed by atoms with Gasteiger partial charge in [0.05, 0.1) is 5.56 Å². The van der Waals surface area contributed by atoms with Crippen molar-refractivity contribution in [2.45, 2.75) is 26.3 Å². The molecule has 0 aliphatic carbocycles. The van der Waals surface area contributed by atoms with Crippen LogP contribution in [0, 0.1) is 0 Å². The maximum absolute atomic E-state index is 11.8. The second kappa shape index (κ2) is 6.54. The van der Waals surface area contributed by atoms with E-state index in [-0.39, 0.29) is 11.9 Å². The van der Waals surface area contributed by atoms with Gasteiger partial charge in [-0.2, -0.15) is 0 Å². The van der Waals surface area contributed by atoms with E-state index in [9.17, 15) is 9.59 Å². The van der Waals surface area contributed by atoms with Gasteiger partial charge >= 0.3 is 5.97 Å². The molecule has 5 nitrogen and oxygen atoms in total. The monoisotopic (exact) mass is 248 g/mol.